The predicted octanol–water partition coefficient (Wildman–Crippen LogP) is 6.81. The molecule has 0 radical (unpaired) electrons. The van der Waals surface area contributed by atoms with E-state index in [1.165, 1.54) is 76.2 Å². The Morgan fingerprint density at radius 3 is 2.19 bits per heavy atom. The standard InChI is InChI=1S/C23H38N2O/c1-2-3-20-25(26)21-15-13-11-9-7-5-4-6-8-10-12-14-17-23-18-16-19-24-22-23/h15-16,18-22H,2-14,17H2,1H3. The van der Waals surface area contributed by atoms with E-state index in [9.17, 15) is 5.21 Å². The molecular weight excluding hydrogens is 320 g/mol. The van der Waals surface area contributed by atoms with E-state index in [0.29, 0.717) is 0 Å². The lowest BCUT2D eigenvalue weighted by atomic mass is 10.0. The van der Waals surface area contributed by atoms with Crippen molar-refractivity contribution in [1.82, 2.24) is 4.98 Å². The molecular formula is C23H38N2O. The van der Waals surface area contributed by atoms with Crippen molar-refractivity contribution >= 4 is 6.21 Å². The van der Waals surface area contributed by atoms with Crippen molar-refractivity contribution < 1.29 is 4.74 Å². The Morgan fingerprint density at radius 1 is 0.923 bits per heavy atom. The van der Waals surface area contributed by atoms with Crippen LogP contribution in [0, 0.1) is 5.21 Å². The maximum Gasteiger partial charge on any atom is 0.176 e. The topological polar surface area (TPSA) is 39.0 Å². The maximum atomic E-state index is 11.3. The molecule has 0 bridgehead atoms. The molecule has 0 atom stereocenters. The van der Waals surface area contributed by atoms with Crippen molar-refractivity contribution in [2.75, 3.05) is 0 Å². The Morgan fingerprint density at radius 2 is 1.58 bits per heavy atom. The lowest BCUT2D eigenvalue weighted by molar-refractivity contribution is -0.374. The highest BCUT2D eigenvalue weighted by atomic mass is 16.5. The summed E-state index contributed by atoms with van der Waals surface area (Å²) >= 11 is 0. The third-order valence-corrected chi connectivity index (χ3v) is 4.66. The summed E-state index contributed by atoms with van der Waals surface area (Å²) in [6.45, 7) is 2.08. The molecule has 0 spiro atoms. The Balaban J connectivity index is 1.80. The van der Waals surface area contributed by atoms with Gasteiger partial charge in [-0.2, -0.15) is 4.74 Å². The second-order valence-electron chi connectivity index (χ2n) is 7.15. The molecule has 1 heterocycles. The summed E-state index contributed by atoms with van der Waals surface area (Å²) in [5.74, 6) is 0. The van der Waals surface area contributed by atoms with Gasteiger partial charge in [0, 0.05) is 18.8 Å². The Hall–Kier alpha value is -1.64. The van der Waals surface area contributed by atoms with E-state index in [1.807, 2.05) is 24.5 Å². The number of allylic oxidation sites excluding steroid dienone is 1. The lowest BCUT2D eigenvalue weighted by Gasteiger charge is -2.03. The molecule has 3 heteroatoms. The largest absolute Gasteiger partial charge is 0.619 e. The molecule has 26 heavy (non-hydrogen) atoms. The first-order valence-corrected chi connectivity index (χ1v) is 10.7. The van der Waals surface area contributed by atoms with E-state index >= 15 is 0 Å². The molecule has 1 aromatic rings. The number of aromatic nitrogens is 1. The highest BCUT2D eigenvalue weighted by Gasteiger charge is 1.95. The fraction of sp³-hybridized carbons (Fsp3) is 0.652. The number of hydrogen-bond acceptors (Lipinski definition) is 2. The molecule has 0 N–H and O–H groups in total. The van der Waals surface area contributed by atoms with E-state index < -0.39 is 0 Å². The highest BCUT2D eigenvalue weighted by molar-refractivity contribution is 5.51. The van der Waals surface area contributed by atoms with Crippen LogP contribution < -0.4 is 0 Å². The molecule has 0 saturated carbocycles. The third-order valence-electron chi connectivity index (χ3n) is 4.66. The van der Waals surface area contributed by atoms with Crippen LogP contribution in [-0.2, 0) is 6.42 Å². The molecule has 0 saturated heterocycles. The summed E-state index contributed by atoms with van der Waals surface area (Å²) in [6, 6.07) is 4.20. The van der Waals surface area contributed by atoms with Gasteiger partial charge < -0.3 is 5.21 Å². The van der Waals surface area contributed by atoms with Gasteiger partial charge in [-0.05, 0) is 49.8 Å². The van der Waals surface area contributed by atoms with Gasteiger partial charge in [0.1, 0.15) is 0 Å². The fourth-order valence-electron chi connectivity index (χ4n) is 3.05. The van der Waals surface area contributed by atoms with Crippen molar-refractivity contribution in [3.63, 3.8) is 0 Å². The molecule has 3 nitrogen and oxygen atoms in total. The van der Waals surface area contributed by atoms with Crippen LogP contribution in [0.25, 0.3) is 0 Å². The molecule has 146 valence electrons. The summed E-state index contributed by atoms with van der Waals surface area (Å²) < 4.78 is 0.945. The number of nitrogens with zero attached hydrogens (tertiary/aromatic N) is 2. The van der Waals surface area contributed by atoms with Crippen LogP contribution >= 0.6 is 0 Å². The minimum Gasteiger partial charge on any atom is -0.619 e. The van der Waals surface area contributed by atoms with E-state index in [-0.39, 0.29) is 0 Å². The van der Waals surface area contributed by atoms with Gasteiger partial charge in [0.05, 0.1) is 0 Å². The normalized spacial score (nSPS) is 12.1. The van der Waals surface area contributed by atoms with Crippen molar-refractivity contribution in [3.8, 4) is 0 Å². The minimum atomic E-state index is 0.859. The molecule has 0 amide bonds. The molecule has 0 unspecified atom stereocenters. The van der Waals surface area contributed by atoms with E-state index in [0.717, 1.165) is 24.0 Å². The van der Waals surface area contributed by atoms with Gasteiger partial charge in [0.2, 0.25) is 0 Å². The lowest BCUT2D eigenvalue weighted by Crippen LogP contribution is -1.94. The first-order valence-electron chi connectivity index (χ1n) is 10.7. The van der Waals surface area contributed by atoms with Gasteiger partial charge in [-0.25, -0.2) is 0 Å². The molecule has 1 aromatic heterocycles. The SMILES string of the molecule is CCCC=[N+]([O-])C=CCCCCCCCCCCCCc1cccnc1. The van der Waals surface area contributed by atoms with Gasteiger partial charge in [-0.3, -0.25) is 4.98 Å². The molecule has 0 aliphatic rings. The molecule has 0 aliphatic carbocycles. The van der Waals surface area contributed by atoms with Crippen molar-refractivity contribution in [2.45, 2.75) is 96.8 Å². The average Bonchev–Trinajstić information content (AvgIpc) is 2.67. The molecule has 0 aliphatic heterocycles. The van der Waals surface area contributed by atoms with Crippen molar-refractivity contribution in [3.05, 3.63) is 47.6 Å². The van der Waals surface area contributed by atoms with Crippen LogP contribution in [0.2, 0.25) is 0 Å². The van der Waals surface area contributed by atoms with Crippen LogP contribution in [0.4, 0.5) is 0 Å². The summed E-state index contributed by atoms with van der Waals surface area (Å²) in [6.07, 6.45) is 26.6. The second-order valence-corrected chi connectivity index (χ2v) is 7.15. The van der Waals surface area contributed by atoms with E-state index in [2.05, 4.69) is 18.0 Å². The number of pyridine rings is 1. The van der Waals surface area contributed by atoms with Gasteiger partial charge in [0.25, 0.3) is 0 Å². The van der Waals surface area contributed by atoms with E-state index in [1.54, 1.807) is 12.4 Å². The van der Waals surface area contributed by atoms with Crippen LogP contribution in [-0.4, -0.2) is 15.9 Å². The third kappa shape index (κ3) is 13.6. The zero-order chi connectivity index (χ0) is 18.7. The van der Waals surface area contributed by atoms with Crippen molar-refractivity contribution in [1.29, 1.82) is 0 Å². The summed E-state index contributed by atoms with van der Waals surface area (Å²) in [7, 11) is 0. The number of unbranched alkanes of at least 4 members (excludes halogenated alkanes) is 11. The summed E-state index contributed by atoms with van der Waals surface area (Å²) in [5.41, 5.74) is 1.37. The Kier molecular flexibility index (Phi) is 14.5. The van der Waals surface area contributed by atoms with Crippen molar-refractivity contribution in [2.24, 2.45) is 0 Å². The second kappa shape index (κ2) is 16.8. The molecule has 0 fully saturated rings. The Bertz CT molecular complexity index is 482. The van der Waals surface area contributed by atoms with Crippen LogP contribution in [0.1, 0.15) is 96.0 Å². The predicted molar refractivity (Wildman–Crippen MR) is 112 cm³/mol. The van der Waals surface area contributed by atoms with Crippen LogP contribution in [0.15, 0.2) is 36.8 Å². The highest BCUT2D eigenvalue weighted by Crippen LogP contribution is 2.12. The van der Waals surface area contributed by atoms with Gasteiger partial charge in [-0.15, -0.1) is 0 Å². The van der Waals surface area contributed by atoms with E-state index in [4.69, 9.17) is 0 Å². The fourth-order valence-corrected chi connectivity index (χ4v) is 3.05. The molecule has 1 rings (SSSR count). The number of rotatable bonds is 16. The summed E-state index contributed by atoms with van der Waals surface area (Å²) in [5, 5.41) is 11.3. The van der Waals surface area contributed by atoms with Crippen LogP contribution in [0.3, 0.4) is 0 Å². The number of aryl methyl sites for hydroxylation is 1. The number of hydrogen-bond donors (Lipinski definition) is 0. The Labute approximate surface area is 160 Å². The maximum absolute atomic E-state index is 11.3. The smallest absolute Gasteiger partial charge is 0.176 e. The average molecular weight is 359 g/mol. The quantitative estimate of drug-likeness (QED) is 0.107. The minimum absolute atomic E-state index is 0.859. The zero-order valence-electron chi connectivity index (χ0n) is 16.7. The molecule has 0 aromatic carbocycles. The van der Waals surface area contributed by atoms with Gasteiger partial charge >= 0.3 is 0 Å². The first-order chi connectivity index (χ1) is 12.8. The monoisotopic (exact) mass is 358 g/mol. The first kappa shape index (κ1) is 22.4. The zero-order valence-corrected chi connectivity index (χ0v) is 16.7. The van der Waals surface area contributed by atoms with Crippen LogP contribution in [0.5, 0.6) is 0 Å². The summed E-state index contributed by atoms with van der Waals surface area (Å²) in [4.78, 5) is 4.16. The van der Waals surface area contributed by atoms with Gasteiger partial charge in [-0.1, -0.05) is 64.4 Å². The number of hydroxylamine groups is 1. The van der Waals surface area contributed by atoms with Gasteiger partial charge in [0.15, 0.2) is 12.4 Å².